The van der Waals surface area contributed by atoms with Gasteiger partial charge in [-0.05, 0) is 55.5 Å². The molecule has 2 atom stereocenters. The van der Waals surface area contributed by atoms with Crippen LogP contribution in [0.25, 0.3) is 17.0 Å². The molecule has 33 heavy (non-hydrogen) atoms. The van der Waals surface area contributed by atoms with Crippen molar-refractivity contribution in [1.82, 2.24) is 9.88 Å². The van der Waals surface area contributed by atoms with E-state index in [-0.39, 0.29) is 17.5 Å². The molecule has 1 N–H and O–H groups in total. The average molecular weight is 480 g/mol. The van der Waals surface area contributed by atoms with Crippen molar-refractivity contribution < 1.29 is 4.79 Å². The predicted octanol–water partition coefficient (Wildman–Crippen LogP) is 6.91. The second-order valence-corrected chi connectivity index (χ2v) is 9.69. The fraction of sp³-hybridized carbons (Fsp3) is 0.333. The van der Waals surface area contributed by atoms with Crippen LogP contribution in [0.5, 0.6) is 0 Å². The van der Waals surface area contributed by atoms with Gasteiger partial charge in [-0.3, -0.25) is 4.79 Å². The van der Waals surface area contributed by atoms with Crippen LogP contribution in [-0.4, -0.2) is 16.5 Å². The molecule has 1 amide bonds. The smallest absolute Gasteiger partial charge is 0.262 e. The highest BCUT2D eigenvalue weighted by atomic mass is 35.5. The molecule has 1 fully saturated rings. The summed E-state index contributed by atoms with van der Waals surface area (Å²) < 4.78 is 2.16. The standard InChI is InChI=1S/C27H27Cl2N3O/c1-17-7-3-5-9-25(17)31-27(33)20(15-30)13-23-18(2)32(26-10-6-4-8-22(23)26)16-19-11-12-21(28)14-24(19)29/h4,6,8,10-14,17,25H,3,5,7,9,16H2,1-2H3,(H,31,33)/b20-13+/t17-,25+/m0/s1. The molecule has 1 aromatic heterocycles. The topological polar surface area (TPSA) is 57.8 Å². The van der Waals surface area contributed by atoms with Gasteiger partial charge in [0.05, 0.1) is 0 Å². The van der Waals surface area contributed by atoms with Crippen molar-refractivity contribution in [3.63, 3.8) is 0 Å². The third kappa shape index (κ3) is 4.95. The summed E-state index contributed by atoms with van der Waals surface area (Å²) >= 11 is 12.5. The highest BCUT2D eigenvalue weighted by Crippen LogP contribution is 2.31. The lowest BCUT2D eigenvalue weighted by molar-refractivity contribution is -0.118. The van der Waals surface area contributed by atoms with E-state index in [0.29, 0.717) is 22.5 Å². The van der Waals surface area contributed by atoms with Crippen molar-refractivity contribution in [2.45, 2.75) is 52.1 Å². The molecule has 0 spiro atoms. The van der Waals surface area contributed by atoms with Crippen molar-refractivity contribution >= 4 is 46.1 Å². The van der Waals surface area contributed by atoms with Crippen LogP contribution in [0.1, 0.15) is 49.4 Å². The molecule has 6 heteroatoms. The Morgan fingerprint density at radius 1 is 1.21 bits per heavy atom. The minimum Gasteiger partial charge on any atom is -0.348 e. The zero-order chi connectivity index (χ0) is 23.5. The van der Waals surface area contributed by atoms with Crippen LogP contribution in [0.2, 0.25) is 10.0 Å². The molecule has 170 valence electrons. The minimum atomic E-state index is -0.298. The lowest BCUT2D eigenvalue weighted by Gasteiger charge is -2.29. The number of aromatic nitrogens is 1. The summed E-state index contributed by atoms with van der Waals surface area (Å²) in [7, 11) is 0. The molecule has 1 aliphatic carbocycles. The van der Waals surface area contributed by atoms with E-state index in [1.54, 1.807) is 12.1 Å². The predicted molar refractivity (Wildman–Crippen MR) is 135 cm³/mol. The highest BCUT2D eigenvalue weighted by Gasteiger charge is 2.24. The van der Waals surface area contributed by atoms with Gasteiger partial charge in [0.25, 0.3) is 5.91 Å². The maximum Gasteiger partial charge on any atom is 0.262 e. The van der Waals surface area contributed by atoms with Crippen LogP contribution in [0.15, 0.2) is 48.0 Å². The van der Waals surface area contributed by atoms with Crippen LogP contribution in [0.4, 0.5) is 0 Å². The number of fused-ring (bicyclic) bond motifs is 1. The van der Waals surface area contributed by atoms with Gasteiger partial charge in [-0.25, -0.2) is 0 Å². The number of amides is 1. The van der Waals surface area contributed by atoms with Crippen LogP contribution < -0.4 is 5.32 Å². The Hall–Kier alpha value is -2.74. The molecule has 2 aromatic carbocycles. The third-order valence-corrected chi connectivity index (χ3v) is 7.29. The third-order valence-electron chi connectivity index (χ3n) is 6.70. The van der Waals surface area contributed by atoms with E-state index in [4.69, 9.17) is 23.2 Å². The van der Waals surface area contributed by atoms with Gasteiger partial charge in [0.1, 0.15) is 11.6 Å². The summed E-state index contributed by atoms with van der Waals surface area (Å²) in [4.78, 5) is 13.0. The number of carbonyl (C=O) groups is 1. The number of hydrogen-bond donors (Lipinski definition) is 1. The number of nitriles is 1. The molecule has 4 nitrogen and oxygen atoms in total. The Bertz CT molecular complexity index is 1270. The number of para-hydroxylation sites is 1. The van der Waals surface area contributed by atoms with E-state index in [1.807, 2.05) is 43.3 Å². The first-order valence-corrected chi connectivity index (χ1v) is 12.1. The molecule has 0 bridgehead atoms. The summed E-state index contributed by atoms with van der Waals surface area (Å²) in [5.41, 5.74) is 3.94. The zero-order valence-corrected chi connectivity index (χ0v) is 20.4. The van der Waals surface area contributed by atoms with E-state index in [9.17, 15) is 10.1 Å². The van der Waals surface area contributed by atoms with Gasteiger partial charge in [0, 0.05) is 44.8 Å². The van der Waals surface area contributed by atoms with Crippen molar-refractivity contribution in [3.05, 3.63) is 74.9 Å². The average Bonchev–Trinajstić information content (AvgIpc) is 3.06. The second kappa shape index (κ2) is 10.0. The first-order chi connectivity index (χ1) is 15.9. The summed E-state index contributed by atoms with van der Waals surface area (Å²) in [5, 5.41) is 15.1. The van der Waals surface area contributed by atoms with Crippen LogP contribution in [-0.2, 0) is 11.3 Å². The van der Waals surface area contributed by atoms with Gasteiger partial charge in [0.15, 0.2) is 0 Å². The number of nitrogens with one attached hydrogen (secondary N) is 1. The number of rotatable bonds is 5. The molecule has 1 aliphatic rings. The summed E-state index contributed by atoms with van der Waals surface area (Å²) in [6.45, 7) is 4.73. The molecule has 1 heterocycles. The number of nitrogens with zero attached hydrogens (tertiary/aromatic N) is 2. The van der Waals surface area contributed by atoms with E-state index in [0.717, 1.165) is 47.0 Å². The van der Waals surface area contributed by atoms with Crippen molar-refractivity contribution in [1.29, 1.82) is 5.26 Å². The van der Waals surface area contributed by atoms with Crippen molar-refractivity contribution in [2.75, 3.05) is 0 Å². The van der Waals surface area contributed by atoms with Crippen LogP contribution >= 0.6 is 23.2 Å². The molecule has 1 saturated carbocycles. The Morgan fingerprint density at radius 3 is 2.70 bits per heavy atom. The van der Waals surface area contributed by atoms with Gasteiger partial charge in [-0.1, -0.05) is 67.2 Å². The lowest BCUT2D eigenvalue weighted by Crippen LogP contribution is -2.41. The van der Waals surface area contributed by atoms with Gasteiger partial charge < -0.3 is 9.88 Å². The normalized spacial score (nSPS) is 18.8. The largest absolute Gasteiger partial charge is 0.348 e. The summed E-state index contributed by atoms with van der Waals surface area (Å²) in [5.74, 6) is 0.128. The maximum atomic E-state index is 13.0. The summed E-state index contributed by atoms with van der Waals surface area (Å²) in [6, 6.07) is 15.8. The van der Waals surface area contributed by atoms with Crippen molar-refractivity contribution in [2.24, 2.45) is 5.92 Å². The van der Waals surface area contributed by atoms with Crippen LogP contribution in [0, 0.1) is 24.2 Å². The van der Waals surface area contributed by atoms with E-state index in [2.05, 4.69) is 22.9 Å². The monoisotopic (exact) mass is 479 g/mol. The minimum absolute atomic E-state index is 0.123. The molecular weight excluding hydrogens is 453 g/mol. The van der Waals surface area contributed by atoms with Gasteiger partial charge in [-0.15, -0.1) is 0 Å². The molecular formula is C27H27Cl2N3O. The molecule has 0 aliphatic heterocycles. The molecule has 0 saturated heterocycles. The molecule has 3 aromatic rings. The summed E-state index contributed by atoms with van der Waals surface area (Å²) in [6.07, 6.45) is 6.11. The van der Waals surface area contributed by atoms with E-state index < -0.39 is 0 Å². The lowest BCUT2D eigenvalue weighted by atomic mass is 9.86. The first-order valence-electron chi connectivity index (χ1n) is 11.3. The van der Waals surface area contributed by atoms with Gasteiger partial charge >= 0.3 is 0 Å². The quantitative estimate of drug-likeness (QED) is 0.319. The number of carbonyl (C=O) groups excluding carboxylic acids is 1. The second-order valence-electron chi connectivity index (χ2n) is 8.85. The maximum absolute atomic E-state index is 13.0. The molecule has 0 unspecified atom stereocenters. The van der Waals surface area contributed by atoms with Crippen molar-refractivity contribution in [3.8, 4) is 6.07 Å². The highest BCUT2D eigenvalue weighted by molar-refractivity contribution is 6.35. The SMILES string of the molecule is Cc1c(/C=C(\C#N)C(=O)N[C@@H]2CCCC[C@@H]2C)c2ccccc2n1Cc1ccc(Cl)cc1Cl. The van der Waals surface area contributed by atoms with E-state index >= 15 is 0 Å². The van der Waals surface area contributed by atoms with Crippen LogP contribution in [0.3, 0.4) is 0 Å². The Kier molecular flexibility index (Phi) is 7.12. The first kappa shape index (κ1) is 23.4. The Balaban J connectivity index is 1.71. The number of halogens is 2. The number of benzene rings is 2. The zero-order valence-electron chi connectivity index (χ0n) is 18.9. The number of hydrogen-bond acceptors (Lipinski definition) is 2. The Labute approximate surface area is 204 Å². The molecule has 4 rings (SSSR count). The van der Waals surface area contributed by atoms with Gasteiger partial charge in [-0.2, -0.15) is 5.26 Å². The van der Waals surface area contributed by atoms with Gasteiger partial charge in [0.2, 0.25) is 0 Å². The fourth-order valence-electron chi connectivity index (χ4n) is 4.73. The molecule has 0 radical (unpaired) electrons. The Morgan fingerprint density at radius 2 is 1.97 bits per heavy atom. The fourth-order valence-corrected chi connectivity index (χ4v) is 5.20. The van der Waals surface area contributed by atoms with E-state index in [1.165, 1.54) is 6.42 Å².